The lowest BCUT2D eigenvalue weighted by Gasteiger charge is -2.18. The summed E-state index contributed by atoms with van der Waals surface area (Å²) in [4.78, 5) is 2.34. The van der Waals surface area contributed by atoms with Gasteiger partial charge in [-0.25, -0.2) is 4.68 Å². The van der Waals surface area contributed by atoms with Crippen molar-refractivity contribution in [2.75, 3.05) is 32.0 Å². The Morgan fingerprint density at radius 3 is 2.25 bits per heavy atom. The third kappa shape index (κ3) is 4.51. The number of ether oxygens (including phenoxy) is 1. The van der Waals surface area contributed by atoms with Gasteiger partial charge >= 0.3 is 0 Å². The van der Waals surface area contributed by atoms with Crippen molar-refractivity contribution < 1.29 is 4.74 Å². The largest absolute Gasteiger partial charge is 0.492 e. The van der Waals surface area contributed by atoms with Crippen LogP contribution in [0, 0.1) is 0 Å². The van der Waals surface area contributed by atoms with Crippen molar-refractivity contribution in [2.24, 2.45) is 0 Å². The normalized spacial score (nSPS) is 11.9. The van der Waals surface area contributed by atoms with Crippen molar-refractivity contribution in [1.29, 1.82) is 0 Å². The molecule has 1 aromatic heterocycles. The summed E-state index contributed by atoms with van der Waals surface area (Å²) in [6.07, 6.45) is 0. The van der Waals surface area contributed by atoms with Gasteiger partial charge in [0.05, 0.1) is 11.4 Å². The Morgan fingerprint density at radius 2 is 1.75 bits per heavy atom. The molecule has 5 heteroatoms. The minimum atomic E-state index is -0.0210. The lowest BCUT2D eigenvalue weighted by Crippen LogP contribution is -2.27. The Morgan fingerprint density at radius 1 is 1.12 bits per heavy atom. The molecule has 0 amide bonds. The van der Waals surface area contributed by atoms with Gasteiger partial charge in [-0.05, 0) is 37.4 Å². The average Bonchev–Trinajstić information content (AvgIpc) is 2.94. The molecular formula is C19H30N4O. The van der Waals surface area contributed by atoms with Gasteiger partial charge in [0.2, 0.25) is 0 Å². The number of anilines is 1. The number of nitrogens with zero attached hydrogens (tertiary/aromatic N) is 3. The van der Waals surface area contributed by atoms with Crippen LogP contribution in [-0.4, -0.2) is 40.9 Å². The van der Waals surface area contributed by atoms with Crippen LogP contribution < -0.4 is 10.5 Å². The second-order valence-corrected chi connectivity index (χ2v) is 6.99. The number of rotatable bonds is 7. The Hall–Kier alpha value is -2.01. The van der Waals surface area contributed by atoms with E-state index in [2.05, 4.69) is 44.6 Å². The highest BCUT2D eigenvalue weighted by Gasteiger charge is 2.19. The minimum Gasteiger partial charge on any atom is -0.492 e. The molecule has 0 aliphatic heterocycles. The van der Waals surface area contributed by atoms with E-state index in [1.54, 1.807) is 4.68 Å². The van der Waals surface area contributed by atoms with E-state index in [0.717, 1.165) is 36.8 Å². The predicted octanol–water partition coefficient (Wildman–Crippen LogP) is 3.47. The molecule has 1 aromatic carbocycles. The molecule has 0 saturated carbocycles. The quantitative estimate of drug-likeness (QED) is 0.844. The van der Waals surface area contributed by atoms with Crippen LogP contribution in [0.2, 0.25) is 0 Å². The standard InChI is InChI=1S/C19H30N4O/c1-6-22(7-2)12-13-24-16-10-8-15(9-11-16)23-18(20)14-17(21-23)19(3,4)5/h8-11,14H,6-7,12-13,20H2,1-5H3. The van der Waals surface area contributed by atoms with E-state index in [4.69, 9.17) is 10.5 Å². The molecule has 0 aliphatic rings. The Balaban J connectivity index is 2.03. The second kappa shape index (κ2) is 7.71. The molecule has 2 rings (SSSR count). The van der Waals surface area contributed by atoms with Crippen molar-refractivity contribution in [2.45, 2.75) is 40.0 Å². The van der Waals surface area contributed by atoms with Crippen molar-refractivity contribution in [1.82, 2.24) is 14.7 Å². The maximum absolute atomic E-state index is 6.12. The summed E-state index contributed by atoms with van der Waals surface area (Å²) in [5.41, 5.74) is 8.02. The molecule has 5 nitrogen and oxygen atoms in total. The average molecular weight is 330 g/mol. The van der Waals surface area contributed by atoms with Gasteiger partial charge in [-0.3, -0.25) is 0 Å². The zero-order chi connectivity index (χ0) is 17.7. The highest BCUT2D eigenvalue weighted by atomic mass is 16.5. The van der Waals surface area contributed by atoms with Gasteiger partial charge in [-0.2, -0.15) is 5.10 Å². The van der Waals surface area contributed by atoms with Gasteiger partial charge in [0, 0.05) is 18.0 Å². The van der Waals surface area contributed by atoms with E-state index in [1.165, 1.54) is 0 Å². The smallest absolute Gasteiger partial charge is 0.127 e. The molecule has 2 N–H and O–H groups in total. The number of benzene rings is 1. The zero-order valence-corrected chi connectivity index (χ0v) is 15.5. The van der Waals surface area contributed by atoms with Crippen LogP contribution in [0.4, 0.5) is 5.82 Å². The Bertz CT molecular complexity index is 636. The Labute approximate surface area is 145 Å². The fourth-order valence-corrected chi connectivity index (χ4v) is 2.48. The summed E-state index contributed by atoms with van der Waals surface area (Å²) in [6, 6.07) is 9.85. The van der Waals surface area contributed by atoms with Crippen molar-refractivity contribution in [3.63, 3.8) is 0 Å². The number of hydrogen-bond donors (Lipinski definition) is 1. The number of hydrogen-bond acceptors (Lipinski definition) is 4. The van der Waals surface area contributed by atoms with Gasteiger partial charge in [-0.15, -0.1) is 0 Å². The topological polar surface area (TPSA) is 56.3 Å². The van der Waals surface area contributed by atoms with Crippen LogP contribution in [0.25, 0.3) is 5.69 Å². The predicted molar refractivity (Wildman–Crippen MR) is 100.0 cm³/mol. The summed E-state index contributed by atoms with van der Waals surface area (Å²) in [6.45, 7) is 14.5. The first-order valence-corrected chi connectivity index (χ1v) is 8.66. The van der Waals surface area contributed by atoms with Gasteiger partial charge in [0.15, 0.2) is 0 Å². The molecule has 0 unspecified atom stereocenters. The number of likely N-dealkylation sites (N-methyl/N-ethyl adjacent to an activating group) is 1. The molecular weight excluding hydrogens is 300 g/mol. The van der Waals surface area contributed by atoms with E-state index in [1.807, 2.05) is 30.3 Å². The highest BCUT2D eigenvalue weighted by molar-refractivity contribution is 5.45. The van der Waals surface area contributed by atoms with E-state index in [0.29, 0.717) is 12.4 Å². The molecule has 2 aromatic rings. The number of nitrogens with two attached hydrogens (primary N) is 1. The highest BCUT2D eigenvalue weighted by Crippen LogP contribution is 2.25. The summed E-state index contributed by atoms with van der Waals surface area (Å²) in [5, 5.41) is 4.63. The number of nitrogen functional groups attached to an aromatic ring is 1. The second-order valence-electron chi connectivity index (χ2n) is 6.99. The van der Waals surface area contributed by atoms with Gasteiger partial charge < -0.3 is 15.4 Å². The summed E-state index contributed by atoms with van der Waals surface area (Å²) >= 11 is 0. The van der Waals surface area contributed by atoms with E-state index in [9.17, 15) is 0 Å². The SMILES string of the molecule is CCN(CC)CCOc1ccc(-n2nc(C(C)(C)C)cc2N)cc1. The van der Waals surface area contributed by atoms with Crippen LogP contribution in [0.3, 0.4) is 0 Å². The Kier molecular flexibility index (Phi) is 5.89. The molecule has 0 atom stereocenters. The van der Waals surface area contributed by atoms with Crippen molar-refractivity contribution >= 4 is 5.82 Å². The maximum Gasteiger partial charge on any atom is 0.127 e. The first-order chi connectivity index (χ1) is 11.3. The third-order valence-electron chi connectivity index (χ3n) is 4.16. The van der Waals surface area contributed by atoms with Crippen LogP contribution in [0.5, 0.6) is 5.75 Å². The monoisotopic (exact) mass is 330 g/mol. The third-order valence-corrected chi connectivity index (χ3v) is 4.16. The molecule has 24 heavy (non-hydrogen) atoms. The van der Waals surface area contributed by atoms with Crippen LogP contribution in [-0.2, 0) is 5.41 Å². The fraction of sp³-hybridized carbons (Fsp3) is 0.526. The molecule has 0 radical (unpaired) electrons. The maximum atomic E-state index is 6.12. The first kappa shape index (κ1) is 18.3. The van der Waals surface area contributed by atoms with Crippen LogP contribution in [0.1, 0.15) is 40.3 Å². The number of aromatic nitrogens is 2. The lowest BCUT2D eigenvalue weighted by molar-refractivity contribution is 0.223. The van der Waals surface area contributed by atoms with Crippen molar-refractivity contribution in [3.8, 4) is 11.4 Å². The molecule has 132 valence electrons. The molecule has 0 spiro atoms. The zero-order valence-electron chi connectivity index (χ0n) is 15.5. The minimum absolute atomic E-state index is 0.0210. The molecule has 0 fully saturated rings. The van der Waals surface area contributed by atoms with Crippen LogP contribution in [0.15, 0.2) is 30.3 Å². The molecule has 0 aliphatic carbocycles. The van der Waals surface area contributed by atoms with E-state index >= 15 is 0 Å². The molecule has 0 bridgehead atoms. The molecule has 1 heterocycles. The van der Waals surface area contributed by atoms with Crippen molar-refractivity contribution in [3.05, 3.63) is 36.0 Å². The summed E-state index contributed by atoms with van der Waals surface area (Å²) in [5.74, 6) is 1.52. The summed E-state index contributed by atoms with van der Waals surface area (Å²) < 4.78 is 7.60. The fourth-order valence-electron chi connectivity index (χ4n) is 2.48. The van der Waals surface area contributed by atoms with Gasteiger partial charge in [0.25, 0.3) is 0 Å². The van der Waals surface area contributed by atoms with Gasteiger partial charge in [-0.1, -0.05) is 34.6 Å². The lowest BCUT2D eigenvalue weighted by atomic mass is 9.92. The van der Waals surface area contributed by atoms with Crippen LogP contribution >= 0.6 is 0 Å². The van der Waals surface area contributed by atoms with Gasteiger partial charge in [0.1, 0.15) is 18.2 Å². The summed E-state index contributed by atoms with van der Waals surface area (Å²) in [7, 11) is 0. The first-order valence-electron chi connectivity index (χ1n) is 8.66. The molecule has 0 saturated heterocycles. The van der Waals surface area contributed by atoms with E-state index in [-0.39, 0.29) is 5.41 Å². The van der Waals surface area contributed by atoms with E-state index < -0.39 is 0 Å².